The van der Waals surface area contributed by atoms with E-state index in [-0.39, 0.29) is 11.7 Å². The Labute approximate surface area is 190 Å². The van der Waals surface area contributed by atoms with Crippen LogP contribution in [-0.2, 0) is 14.3 Å². The van der Waals surface area contributed by atoms with E-state index in [2.05, 4.69) is 20.5 Å². The van der Waals surface area contributed by atoms with Crippen LogP contribution in [0.25, 0.3) is 0 Å². The highest BCUT2D eigenvalue weighted by atomic mass is 19.1. The molecule has 1 aromatic rings. The predicted octanol–water partition coefficient (Wildman–Crippen LogP) is 1.47. The molecule has 1 unspecified atom stereocenters. The summed E-state index contributed by atoms with van der Waals surface area (Å²) < 4.78 is 24.1. The largest absolute Gasteiger partial charge is 0.381 e. The molecule has 0 saturated carbocycles. The van der Waals surface area contributed by atoms with Gasteiger partial charge in [-0.05, 0) is 37.1 Å². The number of amides is 1. The van der Waals surface area contributed by atoms with Crippen LogP contribution in [0.3, 0.4) is 0 Å². The zero-order chi connectivity index (χ0) is 22.6. The monoisotopic (exact) mass is 449 g/mol. The smallest absolute Gasteiger partial charge is 0.224 e. The van der Waals surface area contributed by atoms with Crippen molar-refractivity contribution >= 4 is 17.6 Å². The number of halogens is 1. The lowest BCUT2D eigenvalue weighted by molar-refractivity contribution is -0.131. The van der Waals surface area contributed by atoms with Crippen LogP contribution in [0.4, 0.5) is 10.1 Å². The summed E-state index contributed by atoms with van der Waals surface area (Å²) in [4.78, 5) is 20.8. The molecule has 0 aromatic heterocycles. The Morgan fingerprint density at radius 3 is 2.62 bits per heavy atom. The van der Waals surface area contributed by atoms with Gasteiger partial charge in [-0.15, -0.1) is 0 Å². The molecule has 1 amide bonds. The number of anilines is 1. The van der Waals surface area contributed by atoms with Gasteiger partial charge < -0.3 is 29.9 Å². The van der Waals surface area contributed by atoms with Crippen molar-refractivity contribution in [3.8, 4) is 0 Å². The van der Waals surface area contributed by atoms with Gasteiger partial charge in [0.05, 0.1) is 13.2 Å². The molecule has 2 N–H and O–H groups in total. The number of hydrogen-bond donors (Lipinski definition) is 2. The summed E-state index contributed by atoms with van der Waals surface area (Å²) in [5.74, 6) is 1.14. The van der Waals surface area contributed by atoms with Gasteiger partial charge in [0.15, 0.2) is 5.96 Å². The summed E-state index contributed by atoms with van der Waals surface area (Å²) in [6.07, 6.45) is 2.41. The van der Waals surface area contributed by atoms with Gasteiger partial charge in [0.2, 0.25) is 5.91 Å². The quantitative estimate of drug-likeness (QED) is 0.320. The average molecular weight is 450 g/mol. The summed E-state index contributed by atoms with van der Waals surface area (Å²) >= 11 is 0. The number of nitrogens with one attached hydrogen (secondary N) is 2. The molecule has 2 heterocycles. The molecule has 8 nitrogen and oxygen atoms in total. The predicted molar refractivity (Wildman–Crippen MR) is 124 cm³/mol. The molecule has 3 rings (SSSR count). The van der Waals surface area contributed by atoms with E-state index >= 15 is 0 Å². The Morgan fingerprint density at radius 2 is 1.94 bits per heavy atom. The molecular weight excluding hydrogens is 413 g/mol. The number of piperazine rings is 1. The van der Waals surface area contributed by atoms with Gasteiger partial charge in [0.1, 0.15) is 5.82 Å². The zero-order valence-electron chi connectivity index (χ0n) is 19.0. The molecule has 0 bridgehead atoms. The molecule has 2 aliphatic heterocycles. The lowest BCUT2D eigenvalue weighted by Gasteiger charge is -2.36. The number of benzene rings is 1. The third-order valence-corrected chi connectivity index (χ3v) is 5.81. The first-order chi connectivity index (χ1) is 15.7. The minimum atomic E-state index is -0.234. The summed E-state index contributed by atoms with van der Waals surface area (Å²) in [7, 11) is 1.72. The Balaban J connectivity index is 1.24. The summed E-state index contributed by atoms with van der Waals surface area (Å²) in [6.45, 7) is 7.31. The average Bonchev–Trinajstić information content (AvgIpc) is 3.34. The Hall–Kier alpha value is -2.39. The molecule has 178 valence electrons. The van der Waals surface area contributed by atoms with Crippen molar-refractivity contribution in [3.63, 3.8) is 0 Å². The number of rotatable bonds is 10. The topological polar surface area (TPSA) is 78.4 Å². The van der Waals surface area contributed by atoms with Gasteiger partial charge in [0.25, 0.3) is 0 Å². The van der Waals surface area contributed by atoms with Crippen molar-refractivity contribution in [2.45, 2.75) is 19.3 Å². The van der Waals surface area contributed by atoms with Crippen molar-refractivity contribution in [3.05, 3.63) is 30.1 Å². The molecule has 1 atom stereocenters. The fourth-order valence-corrected chi connectivity index (χ4v) is 3.88. The van der Waals surface area contributed by atoms with Crippen LogP contribution in [-0.4, -0.2) is 89.5 Å². The molecule has 2 saturated heterocycles. The normalized spacial score (nSPS) is 19.3. The first-order valence-corrected chi connectivity index (χ1v) is 11.5. The first-order valence-electron chi connectivity index (χ1n) is 11.5. The van der Waals surface area contributed by atoms with Crippen LogP contribution in [0, 0.1) is 11.7 Å². The molecule has 2 aliphatic rings. The van der Waals surface area contributed by atoms with E-state index in [0.717, 1.165) is 58.0 Å². The minimum absolute atomic E-state index is 0.135. The van der Waals surface area contributed by atoms with Crippen molar-refractivity contribution < 1.29 is 18.7 Å². The van der Waals surface area contributed by atoms with Gasteiger partial charge >= 0.3 is 0 Å². The van der Waals surface area contributed by atoms with Crippen molar-refractivity contribution in [1.82, 2.24) is 15.5 Å². The van der Waals surface area contributed by atoms with Crippen molar-refractivity contribution in [1.29, 1.82) is 0 Å². The van der Waals surface area contributed by atoms with Gasteiger partial charge in [0, 0.05) is 77.6 Å². The fraction of sp³-hybridized carbons (Fsp3) is 0.652. The minimum Gasteiger partial charge on any atom is -0.381 e. The summed E-state index contributed by atoms with van der Waals surface area (Å²) in [6, 6.07) is 6.51. The number of nitrogens with zero attached hydrogens (tertiary/aromatic N) is 3. The highest BCUT2D eigenvalue weighted by Gasteiger charge is 2.21. The number of aliphatic imine (C=N–C) groups is 1. The molecule has 0 radical (unpaired) electrons. The van der Waals surface area contributed by atoms with Gasteiger partial charge in [-0.1, -0.05) is 0 Å². The fourth-order valence-electron chi connectivity index (χ4n) is 3.88. The van der Waals surface area contributed by atoms with E-state index < -0.39 is 0 Å². The van der Waals surface area contributed by atoms with Crippen LogP contribution in [0.5, 0.6) is 0 Å². The molecule has 0 aliphatic carbocycles. The van der Waals surface area contributed by atoms with E-state index in [1.807, 2.05) is 4.90 Å². The van der Waals surface area contributed by atoms with Gasteiger partial charge in [-0.25, -0.2) is 4.39 Å². The number of ether oxygens (including phenoxy) is 2. The van der Waals surface area contributed by atoms with E-state index in [9.17, 15) is 9.18 Å². The molecular formula is C23H36FN5O3. The number of hydrogen-bond acceptors (Lipinski definition) is 5. The lowest BCUT2D eigenvalue weighted by atomic mass is 10.1. The van der Waals surface area contributed by atoms with E-state index in [1.54, 1.807) is 19.2 Å². The lowest BCUT2D eigenvalue weighted by Crippen LogP contribution is -2.49. The standard InChI is InChI=1S/C23H36FN5O3/c1-25-23(26-9-2-15-31-17-19-8-16-32-18-19)27-10-7-22(30)29-13-11-28(12-14-29)21-5-3-20(24)4-6-21/h3-6,19H,2,7-18H2,1H3,(H2,25,26,27). The Morgan fingerprint density at radius 1 is 1.19 bits per heavy atom. The maximum atomic E-state index is 13.1. The van der Waals surface area contributed by atoms with E-state index in [1.165, 1.54) is 12.1 Å². The van der Waals surface area contributed by atoms with Crippen molar-refractivity contribution in [2.75, 3.05) is 77.6 Å². The third-order valence-electron chi connectivity index (χ3n) is 5.81. The highest BCUT2D eigenvalue weighted by Crippen LogP contribution is 2.17. The number of carbonyl (C=O) groups is 1. The van der Waals surface area contributed by atoms with Crippen LogP contribution in [0.1, 0.15) is 19.3 Å². The first kappa shape index (κ1) is 24.3. The Bertz CT molecular complexity index is 717. The second-order valence-electron chi connectivity index (χ2n) is 8.18. The summed E-state index contributed by atoms with van der Waals surface area (Å²) in [5.41, 5.74) is 0.994. The molecule has 1 aromatic carbocycles. The second kappa shape index (κ2) is 13.2. The van der Waals surface area contributed by atoms with E-state index in [4.69, 9.17) is 9.47 Å². The van der Waals surface area contributed by atoms with Crippen molar-refractivity contribution in [2.24, 2.45) is 10.9 Å². The van der Waals surface area contributed by atoms with Gasteiger partial charge in [-0.3, -0.25) is 9.79 Å². The second-order valence-corrected chi connectivity index (χ2v) is 8.18. The highest BCUT2D eigenvalue weighted by molar-refractivity contribution is 5.81. The maximum absolute atomic E-state index is 13.1. The van der Waals surface area contributed by atoms with E-state index in [0.29, 0.717) is 44.5 Å². The molecule has 9 heteroatoms. The van der Waals surface area contributed by atoms with Crippen LogP contribution < -0.4 is 15.5 Å². The third kappa shape index (κ3) is 7.94. The maximum Gasteiger partial charge on any atom is 0.224 e. The zero-order valence-corrected chi connectivity index (χ0v) is 19.0. The number of guanidine groups is 1. The van der Waals surface area contributed by atoms with Crippen LogP contribution >= 0.6 is 0 Å². The SMILES string of the molecule is CN=C(NCCCOCC1CCOC1)NCCC(=O)N1CCN(c2ccc(F)cc2)CC1. The molecule has 0 spiro atoms. The number of carbonyl (C=O) groups excluding carboxylic acids is 1. The van der Waals surface area contributed by atoms with Gasteiger partial charge in [-0.2, -0.15) is 0 Å². The Kier molecular flexibility index (Phi) is 10.0. The molecule has 32 heavy (non-hydrogen) atoms. The van der Waals surface area contributed by atoms with Crippen LogP contribution in [0.15, 0.2) is 29.3 Å². The molecule has 2 fully saturated rings. The summed E-state index contributed by atoms with van der Waals surface area (Å²) in [5, 5.41) is 6.46. The van der Waals surface area contributed by atoms with Crippen LogP contribution in [0.2, 0.25) is 0 Å².